The summed E-state index contributed by atoms with van der Waals surface area (Å²) in [6, 6.07) is 7.54. The molecule has 0 saturated carbocycles. The van der Waals surface area contributed by atoms with Gasteiger partial charge in [-0.25, -0.2) is 4.79 Å². The fourth-order valence-corrected chi connectivity index (χ4v) is 1.70. The number of carboxylic acids is 1. The van der Waals surface area contributed by atoms with Gasteiger partial charge in [0.25, 0.3) is 0 Å². The van der Waals surface area contributed by atoms with Crippen molar-refractivity contribution in [3.8, 4) is 5.75 Å². The highest BCUT2D eigenvalue weighted by Crippen LogP contribution is 2.28. The minimum absolute atomic E-state index is 0.179. The van der Waals surface area contributed by atoms with Gasteiger partial charge < -0.3 is 10.2 Å². The molecule has 2 N–H and O–H groups in total. The van der Waals surface area contributed by atoms with Gasteiger partial charge in [-0.05, 0) is 17.5 Å². The molecule has 0 bridgehead atoms. The van der Waals surface area contributed by atoms with Gasteiger partial charge in [-0.3, -0.25) is 4.79 Å². The molecule has 0 aliphatic heterocycles. The van der Waals surface area contributed by atoms with Gasteiger partial charge in [-0.15, -0.1) is 0 Å². The summed E-state index contributed by atoms with van der Waals surface area (Å²) in [5.41, 5.74) is 0.223. The molecule has 80 valence electrons. The number of aromatic hydroxyl groups is 1. The fraction of sp³-hybridized carbons (Fsp3) is 0. The molecule has 16 heavy (non-hydrogen) atoms. The lowest BCUT2D eigenvalue weighted by atomic mass is 10.00. The SMILES string of the molecule is O=Cc1cccc2c(C(=O)O)c(O)ccc12. The number of fused-ring (bicyclic) bond motifs is 1. The maximum atomic E-state index is 11.0. The molecule has 0 radical (unpaired) electrons. The van der Waals surface area contributed by atoms with Crippen LogP contribution in [0.25, 0.3) is 10.8 Å². The van der Waals surface area contributed by atoms with Crippen LogP contribution in [0.1, 0.15) is 20.7 Å². The molecule has 4 heteroatoms. The average Bonchev–Trinajstić information content (AvgIpc) is 2.27. The van der Waals surface area contributed by atoms with Gasteiger partial charge in [0, 0.05) is 10.9 Å². The van der Waals surface area contributed by atoms with E-state index in [1.165, 1.54) is 12.1 Å². The van der Waals surface area contributed by atoms with E-state index in [1.54, 1.807) is 18.2 Å². The molecule has 0 fully saturated rings. The number of carbonyl (C=O) groups excluding carboxylic acids is 1. The lowest BCUT2D eigenvalue weighted by Crippen LogP contribution is -1.99. The summed E-state index contributed by atoms with van der Waals surface area (Å²) in [6.07, 6.45) is 0.658. The summed E-state index contributed by atoms with van der Waals surface area (Å²) >= 11 is 0. The summed E-state index contributed by atoms with van der Waals surface area (Å²) in [5, 5.41) is 19.3. The van der Waals surface area contributed by atoms with Crippen LogP contribution in [0.15, 0.2) is 30.3 Å². The lowest BCUT2D eigenvalue weighted by molar-refractivity contribution is 0.0696. The first-order chi connectivity index (χ1) is 7.65. The monoisotopic (exact) mass is 216 g/mol. The van der Waals surface area contributed by atoms with Gasteiger partial charge >= 0.3 is 5.97 Å². The highest BCUT2D eigenvalue weighted by atomic mass is 16.4. The summed E-state index contributed by atoms with van der Waals surface area (Å²) in [7, 11) is 0. The largest absolute Gasteiger partial charge is 0.507 e. The van der Waals surface area contributed by atoms with Crippen molar-refractivity contribution < 1.29 is 19.8 Å². The number of carbonyl (C=O) groups is 2. The van der Waals surface area contributed by atoms with Crippen molar-refractivity contribution >= 4 is 23.0 Å². The molecule has 0 aliphatic rings. The molecule has 4 nitrogen and oxygen atoms in total. The van der Waals surface area contributed by atoms with Crippen molar-refractivity contribution in [3.05, 3.63) is 41.5 Å². The van der Waals surface area contributed by atoms with E-state index in [2.05, 4.69) is 0 Å². The van der Waals surface area contributed by atoms with E-state index in [-0.39, 0.29) is 11.3 Å². The van der Waals surface area contributed by atoms with E-state index < -0.39 is 5.97 Å². The molecule has 0 unspecified atom stereocenters. The number of hydrogen-bond donors (Lipinski definition) is 2. The lowest BCUT2D eigenvalue weighted by Gasteiger charge is -2.06. The van der Waals surface area contributed by atoms with Crippen molar-refractivity contribution in [1.82, 2.24) is 0 Å². The topological polar surface area (TPSA) is 74.6 Å². The molecule has 0 aliphatic carbocycles. The highest BCUT2D eigenvalue weighted by Gasteiger charge is 2.14. The summed E-state index contributed by atoms with van der Waals surface area (Å²) < 4.78 is 0. The Morgan fingerprint density at radius 2 is 1.88 bits per heavy atom. The number of hydrogen-bond acceptors (Lipinski definition) is 3. The minimum Gasteiger partial charge on any atom is -0.507 e. The average molecular weight is 216 g/mol. The van der Waals surface area contributed by atoms with E-state index in [4.69, 9.17) is 5.11 Å². The second-order valence-electron chi connectivity index (χ2n) is 3.33. The summed E-state index contributed by atoms with van der Waals surface area (Å²) in [5.74, 6) is -1.52. The second kappa shape index (κ2) is 3.66. The Balaban J connectivity index is 2.94. The van der Waals surface area contributed by atoms with Gasteiger partial charge in [-0.2, -0.15) is 0 Å². The number of phenols is 1. The first-order valence-corrected chi connectivity index (χ1v) is 4.58. The van der Waals surface area contributed by atoms with Crippen LogP contribution in [0.5, 0.6) is 5.75 Å². The fourth-order valence-electron chi connectivity index (χ4n) is 1.70. The van der Waals surface area contributed by atoms with Crippen molar-refractivity contribution in [3.63, 3.8) is 0 Å². The molecule has 0 saturated heterocycles. The Kier molecular flexibility index (Phi) is 2.32. The van der Waals surface area contributed by atoms with Gasteiger partial charge in [0.1, 0.15) is 11.3 Å². The quantitative estimate of drug-likeness (QED) is 0.753. The van der Waals surface area contributed by atoms with Crippen LogP contribution in [0.3, 0.4) is 0 Å². The van der Waals surface area contributed by atoms with Crippen molar-refractivity contribution in [1.29, 1.82) is 0 Å². The van der Waals surface area contributed by atoms with E-state index in [0.717, 1.165) is 0 Å². The van der Waals surface area contributed by atoms with Crippen LogP contribution in [0.2, 0.25) is 0 Å². The van der Waals surface area contributed by atoms with Crippen LogP contribution in [0.4, 0.5) is 0 Å². The van der Waals surface area contributed by atoms with E-state index in [9.17, 15) is 14.7 Å². The number of aromatic carboxylic acids is 1. The third-order valence-corrected chi connectivity index (χ3v) is 2.41. The molecular weight excluding hydrogens is 208 g/mol. The Bertz CT molecular complexity index is 587. The normalized spacial score (nSPS) is 10.2. The van der Waals surface area contributed by atoms with Gasteiger partial charge in [0.2, 0.25) is 0 Å². The molecule has 0 aromatic heterocycles. The Morgan fingerprint density at radius 3 is 2.50 bits per heavy atom. The summed E-state index contributed by atoms with van der Waals surface area (Å²) in [6.45, 7) is 0. The molecule has 0 amide bonds. The smallest absolute Gasteiger partial charge is 0.340 e. The van der Waals surface area contributed by atoms with Crippen LogP contribution in [-0.2, 0) is 0 Å². The summed E-state index contributed by atoms with van der Waals surface area (Å²) in [4.78, 5) is 21.8. The standard InChI is InChI=1S/C12H8O4/c13-6-7-2-1-3-9-8(7)4-5-10(14)11(9)12(15)16/h1-6,14H,(H,15,16). The van der Waals surface area contributed by atoms with E-state index >= 15 is 0 Å². The second-order valence-corrected chi connectivity index (χ2v) is 3.33. The number of aldehydes is 1. The van der Waals surface area contributed by atoms with Crippen LogP contribution < -0.4 is 0 Å². The van der Waals surface area contributed by atoms with Gasteiger partial charge in [0.05, 0.1) is 0 Å². The third-order valence-electron chi connectivity index (χ3n) is 2.41. The molecule has 2 aromatic rings. The Morgan fingerprint density at radius 1 is 1.12 bits per heavy atom. The number of carboxylic acid groups (broad SMARTS) is 1. The third kappa shape index (κ3) is 1.40. The highest BCUT2D eigenvalue weighted by molar-refractivity contribution is 6.10. The number of benzene rings is 2. The van der Waals surface area contributed by atoms with Gasteiger partial charge in [0.15, 0.2) is 6.29 Å². The molecule has 0 spiro atoms. The predicted octanol–water partition coefficient (Wildman–Crippen LogP) is 2.06. The molecule has 0 atom stereocenters. The van der Waals surface area contributed by atoms with E-state index in [1.807, 2.05) is 0 Å². The Labute approximate surface area is 90.8 Å². The van der Waals surface area contributed by atoms with Crippen molar-refractivity contribution in [2.45, 2.75) is 0 Å². The Hall–Kier alpha value is -2.36. The molecule has 2 aromatic carbocycles. The first-order valence-electron chi connectivity index (χ1n) is 4.58. The van der Waals surface area contributed by atoms with E-state index in [0.29, 0.717) is 22.6 Å². The van der Waals surface area contributed by atoms with Gasteiger partial charge in [-0.1, -0.05) is 18.2 Å². The maximum absolute atomic E-state index is 11.0. The predicted molar refractivity (Wildman–Crippen MR) is 58.0 cm³/mol. The maximum Gasteiger partial charge on any atom is 0.340 e. The van der Waals surface area contributed by atoms with Crippen molar-refractivity contribution in [2.75, 3.05) is 0 Å². The molecule has 0 heterocycles. The minimum atomic E-state index is -1.22. The zero-order valence-electron chi connectivity index (χ0n) is 8.18. The van der Waals surface area contributed by atoms with Crippen LogP contribution in [0, 0.1) is 0 Å². The van der Waals surface area contributed by atoms with Crippen LogP contribution in [-0.4, -0.2) is 22.5 Å². The number of rotatable bonds is 2. The van der Waals surface area contributed by atoms with Crippen molar-refractivity contribution in [2.24, 2.45) is 0 Å². The zero-order valence-corrected chi connectivity index (χ0v) is 8.18. The first kappa shape index (κ1) is 10.2. The zero-order chi connectivity index (χ0) is 11.7. The molecular formula is C12H8O4. The van der Waals surface area contributed by atoms with Crippen LogP contribution >= 0.6 is 0 Å². The molecule has 2 rings (SSSR count).